The summed E-state index contributed by atoms with van der Waals surface area (Å²) in [5, 5.41) is 0. The molecule has 3 heteroatoms. The smallest absolute Gasteiger partial charge is 0.137 e. The van der Waals surface area contributed by atoms with Crippen molar-refractivity contribution < 1.29 is 0 Å². The number of imidazole rings is 1. The number of fused-ring (bicyclic) bond motifs is 3. The van der Waals surface area contributed by atoms with E-state index in [0.717, 1.165) is 10.1 Å². The summed E-state index contributed by atoms with van der Waals surface area (Å²) in [5.74, 6) is 0.573. The highest BCUT2D eigenvalue weighted by Gasteiger charge is 2.38. The number of nitrogens with zero attached hydrogens (tertiary/aromatic N) is 2. The normalized spacial score (nSPS) is 22.6. The van der Waals surface area contributed by atoms with Crippen LogP contribution in [-0.4, -0.2) is 9.38 Å². The highest BCUT2D eigenvalue weighted by molar-refractivity contribution is 9.10. The molecule has 2 nitrogen and oxygen atoms in total. The summed E-state index contributed by atoms with van der Waals surface area (Å²) in [6, 6.07) is 4.13. The number of halogens is 1. The second-order valence-corrected chi connectivity index (χ2v) is 6.33. The van der Waals surface area contributed by atoms with Crippen molar-refractivity contribution >= 4 is 21.6 Å². The molecule has 0 fully saturated rings. The zero-order valence-corrected chi connectivity index (χ0v) is 11.4. The standard InChI is InChI=1S/C13H15BrN2/c1-8-6-13(2,3)12-11(8)15-10-5-4-9(14)7-16(10)12/h4-5,7-8H,6H2,1-3H3. The minimum Gasteiger partial charge on any atom is -0.302 e. The third-order valence-electron chi connectivity index (χ3n) is 3.53. The Balaban J connectivity index is 2.39. The summed E-state index contributed by atoms with van der Waals surface area (Å²) >= 11 is 3.53. The van der Waals surface area contributed by atoms with E-state index in [0.29, 0.717) is 5.92 Å². The lowest BCUT2D eigenvalue weighted by atomic mass is 9.89. The molecule has 2 aromatic rings. The Bertz CT molecular complexity index is 569. The fourth-order valence-corrected chi connectivity index (χ4v) is 3.35. The summed E-state index contributed by atoms with van der Waals surface area (Å²) in [4.78, 5) is 4.75. The van der Waals surface area contributed by atoms with E-state index < -0.39 is 0 Å². The van der Waals surface area contributed by atoms with Gasteiger partial charge in [0, 0.05) is 22.0 Å². The molecule has 0 amide bonds. The number of aromatic nitrogens is 2. The van der Waals surface area contributed by atoms with E-state index in [1.165, 1.54) is 17.8 Å². The topological polar surface area (TPSA) is 17.3 Å². The van der Waals surface area contributed by atoms with Crippen LogP contribution in [0.3, 0.4) is 0 Å². The molecular weight excluding hydrogens is 264 g/mol. The van der Waals surface area contributed by atoms with Crippen molar-refractivity contribution in [3.63, 3.8) is 0 Å². The maximum atomic E-state index is 4.75. The van der Waals surface area contributed by atoms with Crippen LogP contribution < -0.4 is 0 Å². The molecule has 0 spiro atoms. The lowest BCUT2D eigenvalue weighted by Gasteiger charge is -2.19. The van der Waals surface area contributed by atoms with Crippen molar-refractivity contribution in [1.82, 2.24) is 9.38 Å². The van der Waals surface area contributed by atoms with Gasteiger partial charge in [-0.15, -0.1) is 0 Å². The van der Waals surface area contributed by atoms with Crippen molar-refractivity contribution in [3.8, 4) is 0 Å². The molecule has 1 unspecified atom stereocenters. The van der Waals surface area contributed by atoms with Gasteiger partial charge in [-0.1, -0.05) is 20.8 Å². The monoisotopic (exact) mass is 278 g/mol. The van der Waals surface area contributed by atoms with Gasteiger partial charge in [-0.3, -0.25) is 0 Å². The maximum absolute atomic E-state index is 4.75. The fourth-order valence-electron chi connectivity index (χ4n) is 3.01. The molecule has 0 N–H and O–H groups in total. The Labute approximate surface area is 104 Å². The van der Waals surface area contributed by atoms with Gasteiger partial charge in [-0.25, -0.2) is 4.98 Å². The van der Waals surface area contributed by atoms with E-state index in [9.17, 15) is 0 Å². The third-order valence-corrected chi connectivity index (χ3v) is 4.00. The van der Waals surface area contributed by atoms with Crippen LogP contribution in [0.4, 0.5) is 0 Å². The Morgan fingerprint density at radius 1 is 1.44 bits per heavy atom. The van der Waals surface area contributed by atoms with Crippen LogP contribution in [0.1, 0.15) is 44.5 Å². The molecule has 1 atom stereocenters. The van der Waals surface area contributed by atoms with Gasteiger partial charge in [0.2, 0.25) is 0 Å². The Kier molecular flexibility index (Phi) is 2.00. The molecule has 3 rings (SSSR count). The van der Waals surface area contributed by atoms with E-state index in [1.807, 2.05) is 0 Å². The van der Waals surface area contributed by atoms with Crippen molar-refractivity contribution in [2.75, 3.05) is 0 Å². The molecule has 0 aliphatic heterocycles. The zero-order chi connectivity index (χ0) is 11.5. The molecule has 0 aromatic carbocycles. The van der Waals surface area contributed by atoms with Crippen molar-refractivity contribution in [3.05, 3.63) is 34.2 Å². The molecule has 1 aliphatic rings. The van der Waals surface area contributed by atoms with Gasteiger partial charge < -0.3 is 4.40 Å². The first-order valence-corrected chi connectivity index (χ1v) is 6.46. The lowest BCUT2D eigenvalue weighted by molar-refractivity contribution is 0.473. The van der Waals surface area contributed by atoms with E-state index in [4.69, 9.17) is 4.98 Å². The Hall–Kier alpha value is -0.830. The van der Waals surface area contributed by atoms with Crippen LogP contribution >= 0.6 is 15.9 Å². The quantitative estimate of drug-likeness (QED) is 0.715. The summed E-state index contributed by atoms with van der Waals surface area (Å²) in [6.07, 6.45) is 3.32. The molecule has 16 heavy (non-hydrogen) atoms. The van der Waals surface area contributed by atoms with Crippen LogP contribution in [-0.2, 0) is 5.41 Å². The molecule has 0 saturated carbocycles. The van der Waals surface area contributed by atoms with Gasteiger partial charge in [-0.2, -0.15) is 0 Å². The fraction of sp³-hybridized carbons (Fsp3) is 0.462. The third kappa shape index (κ3) is 1.27. The van der Waals surface area contributed by atoms with Crippen molar-refractivity contribution in [2.45, 2.75) is 38.5 Å². The number of pyridine rings is 1. The van der Waals surface area contributed by atoms with Crippen LogP contribution in [0.5, 0.6) is 0 Å². The minimum absolute atomic E-state index is 0.231. The molecule has 0 bridgehead atoms. The number of rotatable bonds is 0. The van der Waals surface area contributed by atoms with Gasteiger partial charge in [0.15, 0.2) is 0 Å². The van der Waals surface area contributed by atoms with E-state index in [1.54, 1.807) is 0 Å². The van der Waals surface area contributed by atoms with Gasteiger partial charge in [0.25, 0.3) is 0 Å². The minimum atomic E-state index is 0.231. The summed E-state index contributed by atoms with van der Waals surface area (Å²) in [5.41, 5.74) is 3.96. The molecule has 1 aliphatic carbocycles. The van der Waals surface area contributed by atoms with Crippen molar-refractivity contribution in [1.29, 1.82) is 0 Å². The highest BCUT2D eigenvalue weighted by atomic mass is 79.9. The molecule has 2 heterocycles. The molecule has 84 valence electrons. The van der Waals surface area contributed by atoms with Crippen LogP contribution in [0.15, 0.2) is 22.8 Å². The summed E-state index contributed by atoms with van der Waals surface area (Å²) in [6.45, 7) is 6.89. The Morgan fingerprint density at radius 2 is 2.19 bits per heavy atom. The van der Waals surface area contributed by atoms with E-state index >= 15 is 0 Å². The van der Waals surface area contributed by atoms with Crippen LogP contribution in [0.2, 0.25) is 0 Å². The van der Waals surface area contributed by atoms with Gasteiger partial charge in [-0.05, 0) is 34.5 Å². The molecule has 0 radical (unpaired) electrons. The SMILES string of the molecule is CC1CC(C)(C)c2c1nc1ccc(Br)cn21. The second kappa shape index (κ2) is 3.10. The second-order valence-electron chi connectivity index (χ2n) is 5.41. The summed E-state index contributed by atoms with van der Waals surface area (Å²) < 4.78 is 3.35. The first-order valence-electron chi connectivity index (χ1n) is 5.67. The van der Waals surface area contributed by atoms with Crippen LogP contribution in [0.25, 0.3) is 5.65 Å². The average Bonchev–Trinajstić information content (AvgIpc) is 2.64. The molecular formula is C13H15BrN2. The van der Waals surface area contributed by atoms with E-state index in [2.05, 4.69) is 59.4 Å². The lowest BCUT2D eigenvalue weighted by Crippen LogP contribution is -2.15. The Morgan fingerprint density at radius 3 is 2.94 bits per heavy atom. The van der Waals surface area contributed by atoms with Gasteiger partial charge in [0.05, 0.1) is 11.4 Å². The maximum Gasteiger partial charge on any atom is 0.137 e. The molecule has 2 aromatic heterocycles. The van der Waals surface area contributed by atoms with E-state index in [-0.39, 0.29) is 5.41 Å². The highest BCUT2D eigenvalue weighted by Crippen LogP contribution is 2.45. The predicted octanol–water partition coefficient (Wildman–Crippen LogP) is 3.88. The van der Waals surface area contributed by atoms with Gasteiger partial charge in [0.1, 0.15) is 5.65 Å². The van der Waals surface area contributed by atoms with Gasteiger partial charge >= 0.3 is 0 Å². The van der Waals surface area contributed by atoms with Crippen LogP contribution in [0, 0.1) is 0 Å². The number of hydrogen-bond donors (Lipinski definition) is 0. The summed E-state index contributed by atoms with van der Waals surface area (Å²) in [7, 11) is 0. The molecule has 0 saturated heterocycles. The number of hydrogen-bond acceptors (Lipinski definition) is 1. The predicted molar refractivity (Wildman–Crippen MR) is 69.0 cm³/mol. The first kappa shape index (κ1) is 10.3. The van der Waals surface area contributed by atoms with Crippen molar-refractivity contribution in [2.24, 2.45) is 0 Å². The largest absolute Gasteiger partial charge is 0.302 e. The first-order chi connectivity index (χ1) is 7.49. The average molecular weight is 279 g/mol. The zero-order valence-electron chi connectivity index (χ0n) is 9.79.